The minimum absolute atomic E-state index is 0.191. The highest BCUT2D eigenvalue weighted by Crippen LogP contribution is 2.38. The molecule has 4 heteroatoms. The maximum atomic E-state index is 12.2. The molecule has 0 unspecified atom stereocenters. The second-order valence-corrected chi connectivity index (χ2v) is 7.07. The monoisotopic (exact) mass is 317 g/mol. The van der Waals surface area contributed by atoms with Crippen LogP contribution < -0.4 is 5.32 Å². The van der Waals surface area contributed by atoms with Crippen LogP contribution in [0.2, 0.25) is 0 Å². The smallest absolute Gasteiger partial charge is 0.324 e. The fourth-order valence-corrected chi connectivity index (χ4v) is 3.76. The van der Waals surface area contributed by atoms with Gasteiger partial charge in [-0.05, 0) is 36.7 Å². The lowest BCUT2D eigenvalue weighted by Crippen LogP contribution is -2.57. The normalized spacial score (nSPS) is 18.0. The van der Waals surface area contributed by atoms with Crippen molar-refractivity contribution >= 4 is 12.3 Å². The maximum absolute atomic E-state index is 12.2. The minimum atomic E-state index is -0.853. The summed E-state index contributed by atoms with van der Waals surface area (Å²) < 4.78 is 0. The van der Waals surface area contributed by atoms with Gasteiger partial charge in [-0.1, -0.05) is 51.0 Å². The van der Waals surface area contributed by atoms with Crippen molar-refractivity contribution in [1.29, 1.82) is 0 Å². The molecular weight excluding hydrogens is 290 g/mol. The molecule has 0 saturated heterocycles. The zero-order valence-electron chi connectivity index (χ0n) is 14.0. The summed E-state index contributed by atoms with van der Waals surface area (Å²) in [7, 11) is 0. The standard InChI is InChI=1S/C19H27NO3/c1-14(2)11-19(18(22)23,17-5-3-4-6-17)20-12-15-7-9-16(13-21)10-8-15/h7-10,13-14,17,20H,3-6,11-12H2,1-2H3,(H,22,23)/t19-/m1/s1. The van der Waals surface area contributed by atoms with E-state index in [0.29, 0.717) is 24.4 Å². The van der Waals surface area contributed by atoms with Gasteiger partial charge in [-0.15, -0.1) is 0 Å². The second kappa shape index (κ2) is 7.73. The van der Waals surface area contributed by atoms with E-state index in [0.717, 1.165) is 37.5 Å². The molecule has 0 bridgehead atoms. The predicted molar refractivity (Wildman–Crippen MR) is 90.4 cm³/mol. The van der Waals surface area contributed by atoms with Crippen molar-refractivity contribution in [3.05, 3.63) is 35.4 Å². The summed E-state index contributed by atoms with van der Waals surface area (Å²) in [4.78, 5) is 22.9. The molecule has 0 aliphatic heterocycles. The number of benzene rings is 1. The molecule has 0 spiro atoms. The Morgan fingerprint density at radius 2 is 1.91 bits per heavy atom. The van der Waals surface area contributed by atoms with E-state index in [2.05, 4.69) is 19.2 Å². The number of carbonyl (C=O) groups is 2. The van der Waals surface area contributed by atoms with Crippen LogP contribution in [0.5, 0.6) is 0 Å². The quantitative estimate of drug-likeness (QED) is 0.718. The van der Waals surface area contributed by atoms with E-state index in [9.17, 15) is 14.7 Å². The van der Waals surface area contributed by atoms with Gasteiger partial charge in [0.1, 0.15) is 11.8 Å². The van der Waals surface area contributed by atoms with Gasteiger partial charge in [0.2, 0.25) is 0 Å². The van der Waals surface area contributed by atoms with Gasteiger partial charge < -0.3 is 5.11 Å². The minimum Gasteiger partial charge on any atom is -0.480 e. The number of carboxylic acid groups (broad SMARTS) is 1. The summed E-state index contributed by atoms with van der Waals surface area (Å²) in [5.41, 5.74) is 0.785. The molecule has 126 valence electrons. The molecule has 0 amide bonds. The molecule has 1 aromatic carbocycles. The Morgan fingerprint density at radius 1 is 1.30 bits per heavy atom. The average molecular weight is 317 g/mol. The number of carboxylic acids is 1. The fourth-order valence-electron chi connectivity index (χ4n) is 3.76. The molecule has 2 rings (SSSR count). The topological polar surface area (TPSA) is 66.4 Å². The average Bonchev–Trinajstić information content (AvgIpc) is 3.06. The molecule has 0 heterocycles. The van der Waals surface area contributed by atoms with Crippen LogP contribution in [0.15, 0.2) is 24.3 Å². The molecule has 1 aliphatic carbocycles. The lowest BCUT2D eigenvalue weighted by Gasteiger charge is -2.38. The van der Waals surface area contributed by atoms with E-state index in [1.807, 2.05) is 12.1 Å². The number of rotatable bonds is 8. The molecule has 4 nitrogen and oxygen atoms in total. The van der Waals surface area contributed by atoms with Crippen molar-refractivity contribution in [2.75, 3.05) is 0 Å². The van der Waals surface area contributed by atoms with Crippen LogP contribution in [-0.4, -0.2) is 22.9 Å². The second-order valence-electron chi connectivity index (χ2n) is 7.07. The van der Waals surface area contributed by atoms with Gasteiger partial charge in [0.05, 0.1) is 0 Å². The number of aldehydes is 1. The number of nitrogens with one attached hydrogen (secondary N) is 1. The van der Waals surface area contributed by atoms with Crippen LogP contribution in [-0.2, 0) is 11.3 Å². The van der Waals surface area contributed by atoms with Gasteiger partial charge in [0.25, 0.3) is 0 Å². The van der Waals surface area contributed by atoms with Crippen LogP contribution >= 0.6 is 0 Å². The van der Waals surface area contributed by atoms with Crippen molar-refractivity contribution in [2.45, 2.75) is 58.0 Å². The zero-order valence-corrected chi connectivity index (χ0v) is 14.0. The van der Waals surface area contributed by atoms with Gasteiger partial charge in [0, 0.05) is 12.1 Å². The number of carbonyl (C=O) groups excluding carboxylic acids is 1. The summed E-state index contributed by atoms with van der Waals surface area (Å²) >= 11 is 0. The van der Waals surface area contributed by atoms with Crippen molar-refractivity contribution in [2.24, 2.45) is 11.8 Å². The Hall–Kier alpha value is -1.68. The van der Waals surface area contributed by atoms with Gasteiger partial charge in [-0.3, -0.25) is 14.9 Å². The molecule has 1 fully saturated rings. The zero-order chi connectivity index (χ0) is 16.9. The van der Waals surface area contributed by atoms with Crippen LogP contribution in [0.4, 0.5) is 0 Å². The molecule has 1 aromatic rings. The SMILES string of the molecule is CC(C)C[C@](NCc1ccc(C=O)cc1)(C(=O)O)C1CCCC1. The number of aliphatic carboxylic acids is 1. The Bertz CT molecular complexity index is 532. The summed E-state index contributed by atoms with van der Waals surface area (Å²) in [5.74, 6) is -0.226. The third-order valence-electron chi connectivity index (χ3n) is 4.89. The molecule has 1 atom stereocenters. The molecule has 1 aliphatic rings. The highest BCUT2D eigenvalue weighted by molar-refractivity contribution is 5.79. The highest BCUT2D eigenvalue weighted by Gasteiger charge is 2.46. The van der Waals surface area contributed by atoms with E-state index in [1.54, 1.807) is 12.1 Å². The van der Waals surface area contributed by atoms with E-state index >= 15 is 0 Å². The van der Waals surface area contributed by atoms with Crippen molar-refractivity contribution < 1.29 is 14.7 Å². The van der Waals surface area contributed by atoms with Crippen LogP contribution in [0, 0.1) is 11.8 Å². The van der Waals surface area contributed by atoms with Crippen LogP contribution in [0.25, 0.3) is 0 Å². The first-order valence-electron chi connectivity index (χ1n) is 8.50. The Labute approximate surface area is 138 Å². The summed E-state index contributed by atoms with van der Waals surface area (Å²) in [6.45, 7) is 4.66. The Kier molecular flexibility index (Phi) is 5.94. The largest absolute Gasteiger partial charge is 0.480 e. The molecule has 0 aromatic heterocycles. The van der Waals surface area contributed by atoms with Crippen molar-refractivity contribution in [1.82, 2.24) is 5.32 Å². The predicted octanol–water partition coefficient (Wildman–Crippen LogP) is 3.65. The maximum Gasteiger partial charge on any atom is 0.324 e. The Balaban J connectivity index is 2.17. The van der Waals surface area contributed by atoms with Crippen molar-refractivity contribution in [3.63, 3.8) is 0 Å². The van der Waals surface area contributed by atoms with Crippen molar-refractivity contribution in [3.8, 4) is 0 Å². The number of hydrogen-bond acceptors (Lipinski definition) is 3. The first-order valence-corrected chi connectivity index (χ1v) is 8.50. The lowest BCUT2D eigenvalue weighted by molar-refractivity contribution is -0.148. The first-order chi connectivity index (χ1) is 11.0. The fraction of sp³-hybridized carbons (Fsp3) is 0.579. The summed E-state index contributed by atoms with van der Waals surface area (Å²) in [5, 5.41) is 13.4. The van der Waals surface area contributed by atoms with E-state index in [1.165, 1.54) is 0 Å². The summed E-state index contributed by atoms with van der Waals surface area (Å²) in [6, 6.07) is 7.30. The van der Waals surface area contributed by atoms with Gasteiger partial charge >= 0.3 is 5.97 Å². The molecule has 23 heavy (non-hydrogen) atoms. The molecule has 2 N–H and O–H groups in total. The first kappa shape index (κ1) is 17.7. The number of hydrogen-bond donors (Lipinski definition) is 2. The third-order valence-corrected chi connectivity index (χ3v) is 4.89. The highest BCUT2D eigenvalue weighted by atomic mass is 16.4. The van der Waals surface area contributed by atoms with E-state index < -0.39 is 11.5 Å². The lowest BCUT2D eigenvalue weighted by atomic mass is 9.76. The van der Waals surface area contributed by atoms with Gasteiger partial charge in [-0.25, -0.2) is 0 Å². The van der Waals surface area contributed by atoms with Crippen LogP contribution in [0.3, 0.4) is 0 Å². The Morgan fingerprint density at radius 3 is 2.39 bits per heavy atom. The van der Waals surface area contributed by atoms with E-state index in [-0.39, 0.29) is 5.92 Å². The molecular formula is C19H27NO3. The van der Waals surface area contributed by atoms with Gasteiger partial charge in [0.15, 0.2) is 0 Å². The molecule has 1 saturated carbocycles. The van der Waals surface area contributed by atoms with Crippen LogP contribution in [0.1, 0.15) is 61.9 Å². The van der Waals surface area contributed by atoms with E-state index in [4.69, 9.17) is 0 Å². The van der Waals surface area contributed by atoms with Gasteiger partial charge in [-0.2, -0.15) is 0 Å². The summed E-state index contributed by atoms with van der Waals surface area (Å²) in [6.07, 6.45) is 5.66. The molecule has 0 radical (unpaired) electrons. The third kappa shape index (κ3) is 4.20.